The van der Waals surface area contributed by atoms with Crippen LogP contribution < -0.4 is 0 Å². The minimum Gasteiger partial charge on any atom is -0.481 e. The van der Waals surface area contributed by atoms with Crippen LogP contribution in [0.3, 0.4) is 0 Å². The zero-order valence-electron chi connectivity index (χ0n) is 9.98. The lowest BCUT2D eigenvalue weighted by molar-refractivity contribution is -0.384. The quantitative estimate of drug-likeness (QED) is 0.652. The van der Waals surface area contributed by atoms with Gasteiger partial charge in [-0.15, -0.1) is 5.10 Å². The van der Waals surface area contributed by atoms with E-state index in [0.717, 1.165) is 5.56 Å². The van der Waals surface area contributed by atoms with Crippen molar-refractivity contribution in [2.45, 2.75) is 13.3 Å². The smallest absolute Gasteiger partial charge is 0.309 e. The Morgan fingerprint density at radius 3 is 2.89 bits per heavy atom. The second-order valence-electron chi connectivity index (χ2n) is 3.97. The van der Waals surface area contributed by atoms with Crippen LogP contribution in [0.25, 0.3) is 5.69 Å². The number of hydrogen-bond acceptors (Lipinski definition) is 5. The molecular weight excluding hydrogens is 252 g/mol. The van der Waals surface area contributed by atoms with E-state index < -0.39 is 10.9 Å². The third kappa shape index (κ3) is 2.73. The highest BCUT2D eigenvalue weighted by molar-refractivity contribution is 5.69. The second-order valence-corrected chi connectivity index (χ2v) is 3.97. The molecule has 8 nitrogen and oxygen atoms in total. The van der Waals surface area contributed by atoms with E-state index in [2.05, 4.69) is 10.3 Å². The summed E-state index contributed by atoms with van der Waals surface area (Å²) in [6, 6.07) is 4.59. The van der Waals surface area contributed by atoms with Gasteiger partial charge in [0.15, 0.2) is 0 Å². The summed E-state index contributed by atoms with van der Waals surface area (Å²) in [4.78, 5) is 21.0. The van der Waals surface area contributed by atoms with Crippen LogP contribution >= 0.6 is 0 Å². The first-order valence-electron chi connectivity index (χ1n) is 5.36. The van der Waals surface area contributed by atoms with Crippen LogP contribution in [-0.4, -0.2) is 31.0 Å². The Morgan fingerprint density at radius 1 is 1.53 bits per heavy atom. The molecule has 0 aliphatic heterocycles. The number of nitro groups is 1. The average Bonchev–Trinajstić information content (AvgIpc) is 2.75. The maximum Gasteiger partial charge on any atom is 0.309 e. The number of nitro benzene ring substituents is 1. The summed E-state index contributed by atoms with van der Waals surface area (Å²) in [6.45, 7) is 1.79. The van der Waals surface area contributed by atoms with Crippen LogP contribution in [0.5, 0.6) is 0 Å². The van der Waals surface area contributed by atoms with Gasteiger partial charge in [-0.05, 0) is 18.6 Å². The zero-order valence-corrected chi connectivity index (χ0v) is 9.98. The molecule has 1 N–H and O–H groups in total. The van der Waals surface area contributed by atoms with Crippen LogP contribution in [0.2, 0.25) is 0 Å². The summed E-state index contributed by atoms with van der Waals surface area (Å²) in [5.41, 5.74) is 1.21. The van der Waals surface area contributed by atoms with E-state index >= 15 is 0 Å². The highest BCUT2D eigenvalue weighted by Crippen LogP contribution is 2.23. The molecule has 19 heavy (non-hydrogen) atoms. The first-order chi connectivity index (χ1) is 8.97. The second kappa shape index (κ2) is 4.84. The van der Waals surface area contributed by atoms with E-state index in [1.165, 1.54) is 16.9 Å². The Bertz CT molecular complexity index is 650. The first kappa shape index (κ1) is 12.7. The molecule has 0 radical (unpaired) electrons. The van der Waals surface area contributed by atoms with Gasteiger partial charge in [-0.1, -0.05) is 11.3 Å². The fourth-order valence-corrected chi connectivity index (χ4v) is 1.62. The average molecular weight is 262 g/mol. The zero-order chi connectivity index (χ0) is 14.0. The predicted octanol–water partition coefficient (Wildman–Crippen LogP) is 1.11. The third-order valence-electron chi connectivity index (χ3n) is 2.45. The summed E-state index contributed by atoms with van der Waals surface area (Å²) >= 11 is 0. The number of aryl methyl sites for hydroxylation is 1. The SMILES string of the molecule is Cc1ccc([N+](=O)[O-])c(-n2cc(CC(=O)O)nn2)c1. The molecule has 2 aromatic rings. The lowest BCUT2D eigenvalue weighted by Crippen LogP contribution is -2.01. The van der Waals surface area contributed by atoms with E-state index in [9.17, 15) is 14.9 Å². The minimum atomic E-state index is -1.04. The van der Waals surface area contributed by atoms with E-state index in [-0.39, 0.29) is 23.5 Å². The molecule has 0 aliphatic carbocycles. The third-order valence-corrected chi connectivity index (χ3v) is 2.45. The maximum absolute atomic E-state index is 10.9. The summed E-state index contributed by atoms with van der Waals surface area (Å²) in [6.07, 6.45) is 1.09. The molecule has 0 fully saturated rings. The van der Waals surface area contributed by atoms with Gasteiger partial charge in [0.25, 0.3) is 5.69 Å². The number of carboxylic acids is 1. The minimum absolute atomic E-state index is 0.114. The molecule has 0 spiro atoms. The van der Waals surface area contributed by atoms with Crippen molar-refractivity contribution >= 4 is 11.7 Å². The van der Waals surface area contributed by atoms with E-state index in [1.54, 1.807) is 19.1 Å². The van der Waals surface area contributed by atoms with Crippen LogP contribution in [0.15, 0.2) is 24.4 Å². The Kier molecular flexibility index (Phi) is 3.23. The number of carboxylic acid groups (broad SMARTS) is 1. The van der Waals surface area contributed by atoms with E-state index in [0.29, 0.717) is 0 Å². The number of benzene rings is 1. The number of aromatic nitrogens is 3. The van der Waals surface area contributed by atoms with Gasteiger partial charge in [0.1, 0.15) is 5.69 Å². The molecule has 1 aromatic carbocycles. The molecule has 0 aliphatic rings. The number of nitrogens with zero attached hydrogens (tertiary/aromatic N) is 4. The van der Waals surface area contributed by atoms with Gasteiger partial charge in [0, 0.05) is 6.07 Å². The summed E-state index contributed by atoms with van der Waals surface area (Å²) in [5, 5.41) is 27.0. The monoisotopic (exact) mass is 262 g/mol. The highest BCUT2D eigenvalue weighted by Gasteiger charge is 2.17. The van der Waals surface area contributed by atoms with Crippen molar-refractivity contribution in [2.75, 3.05) is 0 Å². The molecule has 0 unspecified atom stereocenters. The Labute approximate surface area is 107 Å². The molecule has 98 valence electrons. The molecular formula is C11H10N4O4. The van der Waals surface area contributed by atoms with Gasteiger partial charge in [-0.25, -0.2) is 4.68 Å². The lowest BCUT2D eigenvalue weighted by atomic mass is 10.2. The maximum atomic E-state index is 10.9. The number of aliphatic carboxylic acids is 1. The molecule has 1 heterocycles. The first-order valence-corrected chi connectivity index (χ1v) is 5.36. The highest BCUT2D eigenvalue weighted by atomic mass is 16.6. The van der Waals surface area contributed by atoms with Crippen LogP contribution in [-0.2, 0) is 11.2 Å². The van der Waals surface area contributed by atoms with Crippen molar-refractivity contribution in [3.63, 3.8) is 0 Å². The molecule has 0 atom stereocenters. The topological polar surface area (TPSA) is 111 Å². The molecule has 0 amide bonds. The van der Waals surface area contributed by atoms with E-state index in [4.69, 9.17) is 5.11 Å². The van der Waals surface area contributed by atoms with Crippen LogP contribution in [0.4, 0.5) is 5.69 Å². The van der Waals surface area contributed by atoms with Gasteiger partial charge in [-0.2, -0.15) is 0 Å². The fourth-order valence-electron chi connectivity index (χ4n) is 1.62. The largest absolute Gasteiger partial charge is 0.481 e. The number of rotatable bonds is 4. The van der Waals surface area contributed by atoms with Gasteiger partial charge < -0.3 is 5.11 Å². The normalized spacial score (nSPS) is 10.4. The van der Waals surface area contributed by atoms with Crippen molar-refractivity contribution in [2.24, 2.45) is 0 Å². The van der Waals surface area contributed by atoms with Gasteiger partial charge >= 0.3 is 5.97 Å². The molecule has 0 saturated carbocycles. The number of hydrogen-bond donors (Lipinski definition) is 1. The predicted molar refractivity (Wildman–Crippen MR) is 64.1 cm³/mol. The molecule has 1 aromatic heterocycles. The van der Waals surface area contributed by atoms with Crippen molar-refractivity contribution in [3.05, 3.63) is 45.8 Å². The molecule has 2 rings (SSSR count). The Balaban J connectivity index is 2.46. The molecule has 0 bridgehead atoms. The summed E-state index contributed by atoms with van der Waals surface area (Å²) in [5.74, 6) is -1.04. The standard InChI is InChI=1S/C11H10N4O4/c1-7-2-3-9(15(18)19)10(4-7)14-6-8(12-13-14)5-11(16)17/h2-4,6H,5H2,1H3,(H,16,17). The van der Waals surface area contributed by atoms with Gasteiger partial charge in [0.05, 0.1) is 23.2 Å². The fraction of sp³-hybridized carbons (Fsp3) is 0.182. The summed E-state index contributed by atoms with van der Waals surface area (Å²) < 4.78 is 1.21. The lowest BCUT2D eigenvalue weighted by Gasteiger charge is -2.02. The summed E-state index contributed by atoms with van der Waals surface area (Å²) in [7, 11) is 0. The van der Waals surface area contributed by atoms with Crippen molar-refractivity contribution < 1.29 is 14.8 Å². The van der Waals surface area contributed by atoms with Crippen LogP contribution in [0, 0.1) is 17.0 Å². The van der Waals surface area contributed by atoms with Crippen molar-refractivity contribution in [1.29, 1.82) is 0 Å². The van der Waals surface area contributed by atoms with Crippen molar-refractivity contribution in [1.82, 2.24) is 15.0 Å². The molecule has 8 heteroatoms. The van der Waals surface area contributed by atoms with Gasteiger partial charge in [0.2, 0.25) is 0 Å². The molecule has 0 saturated heterocycles. The Hall–Kier alpha value is -2.77. The van der Waals surface area contributed by atoms with Crippen molar-refractivity contribution in [3.8, 4) is 5.69 Å². The number of carbonyl (C=O) groups is 1. The van der Waals surface area contributed by atoms with Gasteiger partial charge in [-0.3, -0.25) is 14.9 Å². The van der Waals surface area contributed by atoms with Crippen LogP contribution in [0.1, 0.15) is 11.3 Å². The Morgan fingerprint density at radius 2 is 2.26 bits per heavy atom. The van der Waals surface area contributed by atoms with E-state index in [1.807, 2.05) is 0 Å².